The number of esters is 2. The van der Waals surface area contributed by atoms with Crippen molar-refractivity contribution in [1.82, 2.24) is 0 Å². The number of hydrogen-bond acceptors (Lipinski definition) is 4. The van der Waals surface area contributed by atoms with Gasteiger partial charge in [0.25, 0.3) is 0 Å². The maximum Gasteiger partial charge on any atom is 0.414 e. The summed E-state index contributed by atoms with van der Waals surface area (Å²) >= 11 is 0. The minimum Gasteiger partial charge on any atom is -0.466 e. The van der Waals surface area contributed by atoms with Gasteiger partial charge in [-0.15, -0.1) is 0 Å². The van der Waals surface area contributed by atoms with Crippen LogP contribution in [0.25, 0.3) is 5.53 Å². The lowest BCUT2D eigenvalue weighted by Crippen LogP contribution is -2.15. The van der Waals surface area contributed by atoms with Crippen molar-refractivity contribution in [2.45, 2.75) is 0 Å². The molecule has 0 aromatic heterocycles. The monoisotopic (exact) mass is 158 g/mol. The van der Waals surface area contributed by atoms with Crippen molar-refractivity contribution >= 4 is 18.2 Å². The van der Waals surface area contributed by atoms with Crippen LogP contribution < -0.4 is 0 Å². The molecular weight excluding hydrogens is 152 g/mol. The molecule has 6 heteroatoms. The molecule has 6 nitrogen and oxygen atoms in total. The molecular formula is C5H6N2O4. The molecule has 0 aliphatic heterocycles. The fourth-order valence-electron chi connectivity index (χ4n) is 0.273. The highest BCUT2D eigenvalue weighted by Crippen LogP contribution is 1.77. The topological polar surface area (TPSA) is 89.0 Å². The number of ether oxygens (including phenoxy) is 2. The Kier molecular flexibility index (Phi) is 4.35. The number of carbonyl (C=O) groups is 2. The smallest absolute Gasteiger partial charge is 0.414 e. The number of hydrogen-bond donors (Lipinski definition) is 0. The van der Waals surface area contributed by atoms with Crippen LogP contribution in [0.5, 0.6) is 0 Å². The molecule has 0 saturated heterocycles. The molecule has 0 aliphatic rings. The fourth-order valence-corrected chi connectivity index (χ4v) is 0.273. The minimum absolute atomic E-state index is 0.485. The first kappa shape index (κ1) is 9.32. The Morgan fingerprint density at radius 1 is 1.64 bits per heavy atom. The molecule has 0 spiro atoms. The van der Waals surface area contributed by atoms with Crippen LogP contribution in [0.3, 0.4) is 0 Å². The molecule has 0 aromatic rings. The van der Waals surface area contributed by atoms with E-state index in [4.69, 9.17) is 5.53 Å². The van der Waals surface area contributed by atoms with E-state index in [9.17, 15) is 9.59 Å². The summed E-state index contributed by atoms with van der Waals surface area (Å²) in [5.41, 5.74) is 7.81. The molecule has 60 valence electrons. The summed E-state index contributed by atoms with van der Waals surface area (Å²) in [5.74, 6) is -1.58. The number of rotatable bonds is 3. The highest BCUT2D eigenvalue weighted by molar-refractivity contribution is 6.20. The van der Waals surface area contributed by atoms with Gasteiger partial charge in [-0.25, -0.2) is 9.59 Å². The van der Waals surface area contributed by atoms with Gasteiger partial charge in [0.05, 0.1) is 7.11 Å². The van der Waals surface area contributed by atoms with Crippen molar-refractivity contribution in [1.29, 1.82) is 0 Å². The van der Waals surface area contributed by atoms with E-state index < -0.39 is 18.5 Å². The summed E-state index contributed by atoms with van der Waals surface area (Å²) in [6.45, 7) is -0.485. The van der Waals surface area contributed by atoms with Crippen LogP contribution in [0.2, 0.25) is 0 Å². The SMILES string of the molecule is COC(=O)COC(=O)C=[N+]=[N-]. The molecule has 0 radical (unpaired) electrons. The van der Waals surface area contributed by atoms with Crippen LogP contribution in [-0.2, 0) is 19.1 Å². The number of carbonyl (C=O) groups excluding carboxylic acids is 2. The quantitative estimate of drug-likeness (QED) is 0.228. The van der Waals surface area contributed by atoms with Crippen LogP contribution in [0.1, 0.15) is 0 Å². The minimum atomic E-state index is -0.905. The summed E-state index contributed by atoms with van der Waals surface area (Å²) in [5, 5.41) is 0. The highest BCUT2D eigenvalue weighted by Gasteiger charge is 2.06. The zero-order chi connectivity index (χ0) is 8.69. The molecule has 0 saturated carbocycles. The Bertz CT molecular complexity index is 207. The van der Waals surface area contributed by atoms with Crippen molar-refractivity contribution in [2.75, 3.05) is 13.7 Å². The summed E-state index contributed by atoms with van der Waals surface area (Å²) in [6.07, 6.45) is 0.531. The second-order valence-corrected chi connectivity index (χ2v) is 1.43. The summed E-state index contributed by atoms with van der Waals surface area (Å²) in [7, 11) is 1.16. The van der Waals surface area contributed by atoms with E-state index in [2.05, 4.69) is 14.3 Å². The van der Waals surface area contributed by atoms with Gasteiger partial charge in [-0.3, -0.25) is 0 Å². The van der Waals surface area contributed by atoms with E-state index in [-0.39, 0.29) is 0 Å². The summed E-state index contributed by atoms with van der Waals surface area (Å²) < 4.78 is 8.37. The van der Waals surface area contributed by atoms with Crippen molar-refractivity contribution in [3.05, 3.63) is 5.53 Å². The van der Waals surface area contributed by atoms with Gasteiger partial charge in [0, 0.05) is 0 Å². The number of methoxy groups -OCH3 is 1. The van der Waals surface area contributed by atoms with E-state index in [1.165, 1.54) is 0 Å². The summed E-state index contributed by atoms with van der Waals surface area (Å²) in [4.78, 5) is 23.0. The third kappa shape index (κ3) is 4.80. The van der Waals surface area contributed by atoms with Crippen molar-refractivity contribution in [3.63, 3.8) is 0 Å². The van der Waals surface area contributed by atoms with Crippen LogP contribution in [0, 0.1) is 0 Å². The van der Waals surface area contributed by atoms with Gasteiger partial charge in [-0.2, -0.15) is 4.79 Å². The van der Waals surface area contributed by atoms with E-state index in [1.807, 2.05) is 0 Å². The molecule has 0 amide bonds. The lowest BCUT2D eigenvalue weighted by molar-refractivity contribution is -0.154. The first-order valence-corrected chi connectivity index (χ1v) is 2.61. The highest BCUT2D eigenvalue weighted by atomic mass is 16.6. The molecule has 0 unspecified atom stereocenters. The molecule has 0 N–H and O–H groups in total. The average molecular weight is 158 g/mol. The van der Waals surface area contributed by atoms with Crippen molar-refractivity contribution in [3.8, 4) is 0 Å². The molecule has 0 fully saturated rings. The molecule has 0 aromatic carbocycles. The third-order valence-corrected chi connectivity index (χ3v) is 0.723. The second kappa shape index (κ2) is 5.13. The Balaban J connectivity index is 3.62. The molecule has 0 rings (SSSR count). The van der Waals surface area contributed by atoms with E-state index in [0.29, 0.717) is 6.21 Å². The van der Waals surface area contributed by atoms with Gasteiger partial charge in [0.2, 0.25) is 0 Å². The Morgan fingerprint density at radius 3 is 2.73 bits per heavy atom. The standard InChI is InChI=1S/C5H6N2O4/c1-10-5(9)3-11-4(8)2-7-6/h2H,3H2,1H3. The fraction of sp³-hybridized carbons (Fsp3) is 0.400. The van der Waals surface area contributed by atoms with Crippen molar-refractivity contribution < 1.29 is 23.9 Å². The van der Waals surface area contributed by atoms with E-state index in [1.54, 1.807) is 0 Å². The molecule has 0 heterocycles. The lowest BCUT2D eigenvalue weighted by atomic mass is 10.7. The first-order valence-electron chi connectivity index (χ1n) is 2.61. The van der Waals surface area contributed by atoms with E-state index in [0.717, 1.165) is 7.11 Å². The largest absolute Gasteiger partial charge is 0.466 e. The van der Waals surface area contributed by atoms with Gasteiger partial charge in [-0.05, 0) is 0 Å². The van der Waals surface area contributed by atoms with Crippen LogP contribution in [0.15, 0.2) is 0 Å². The molecule has 11 heavy (non-hydrogen) atoms. The predicted octanol–water partition coefficient (Wildman–Crippen LogP) is -0.997. The number of nitrogens with zero attached hydrogens (tertiary/aromatic N) is 2. The molecule has 0 atom stereocenters. The first-order chi connectivity index (χ1) is 5.20. The van der Waals surface area contributed by atoms with Crippen LogP contribution >= 0.6 is 0 Å². The zero-order valence-corrected chi connectivity index (χ0v) is 5.81. The predicted molar refractivity (Wildman–Crippen MR) is 32.7 cm³/mol. The van der Waals surface area contributed by atoms with Crippen LogP contribution in [-0.4, -0.2) is 36.7 Å². The van der Waals surface area contributed by atoms with Crippen LogP contribution in [0.4, 0.5) is 0 Å². The van der Waals surface area contributed by atoms with Gasteiger partial charge in [0.1, 0.15) is 0 Å². The van der Waals surface area contributed by atoms with Gasteiger partial charge in [-0.1, -0.05) is 0 Å². The van der Waals surface area contributed by atoms with Crippen molar-refractivity contribution in [2.24, 2.45) is 0 Å². The Labute approximate surface area is 62.3 Å². The lowest BCUT2D eigenvalue weighted by Gasteiger charge is -1.95. The second-order valence-electron chi connectivity index (χ2n) is 1.43. The molecule has 0 bridgehead atoms. The third-order valence-electron chi connectivity index (χ3n) is 0.723. The Morgan fingerprint density at radius 2 is 2.27 bits per heavy atom. The summed E-state index contributed by atoms with van der Waals surface area (Å²) in [6, 6.07) is 0. The Hall–Kier alpha value is -1.68. The van der Waals surface area contributed by atoms with Gasteiger partial charge in [0.15, 0.2) is 6.61 Å². The normalized spacial score (nSPS) is 7.73. The van der Waals surface area contributed by atoms with Gasteiger partial charge >= 0.3 is 18.2 Å². The average Bonchev–Trinajstić information content (AvgIpc) is 2.01. The molecule has 0 aliphatic carbocycles. The van der Waals surface area contributed by atoms with E-state index >= 15 is 0 Å². The maximum absolute atomic E-state index is 10.3. The maximum atomic E-state index is 10.3. The zero-order valence-electron chi connectivity index (χ0n) is 5.81. The van der Waals surface area contributed by atoms with Gasteiger partial charge < -0.3 is 15.0 Å².